The maximum Gasteiger partial charge on any atom is 0.408 e. The van der Waals surface area contributed by atoms with Gasteiger partial charge in [0.05, 0.1) is 6.61 Å². The standard InChI is InChI=1S/C24H29N3O6/c1-3-32-21(28)15-25-23(30)20(14-18-10-6-4-7-11-18)27-22(29)17(2)26-24(31)33-16-19-12-8-5-9-13-19/h4-13,17,20H,3,14-16H2,1-2H3,(H,25,30)(H,26,31)(H,27,29)/t17-,20-/m0/s1. The Hall–Kier alpha value is -3.88. The maximum atomic E-state index is 12.7. The second kappa shape index (κ2) is 13.5. The summed E-state index contributed by atoms with van der Waals surface area (Å²) >= 11 is 0. The molecule has 0 saturated heterocycles. The minimum Gasteiger partial charge on any atom is -0.465 e. The minimum absolute atomic E-state index is 0.0634. The molecule has 2 atom stereocenters. The Kier molecular flexibility index (Phi) is 10.4. The normalized spacial score (nSPS) is 12.1. The van der Waals surface area contributed by atoms with E-state index in [4.69, 9.17) is 9.47 Å². The molecule has 0 unspecified atom stereocenters. The van der Waals surface area contributed by atoms with E-state index >= 15 is 0 Å². The largest absolute Gasteiger partial charge is 0.465 e. The summed E-state index contributed by atoms with van der Waals surface area (Å²) in [6.45, 7) is 3.09. The zero-order valence-electron chi connectivity index (χ0n) is 18.7. The van der Waals surface area contributed by atoms with Gasteiger partial charge in [-0.15, -0.1) is 0 Å². The molecule has 0 spiro atoms. The number of rotatable bonds is 11. The first-order valence-electron chi connectivity index (χ1n) is 10.6. The first kappa shape index (κ1) is 25.4. The topological polar surface area (TPSA) is 123 Å². The number of nitrogens with one attached hydrogen (secondary N) is 3. The Balaban J connectivity index is 1.93. The molecular weight excluding hydrogens is 426 g/mol. The van der Waals surface area contributed by atoms with E-state index in [9.17, 15) is 19.2 Å². The molecule has 0 saturated carbocycles. The third-order valence-corrected chi connectivity index (χ3v) is 4.57. The first-order chi connectivity index (χ1) is 15.9. The summed E-state index contributed by atoms with van der Waals surface area (Å²) < 4.78 is 9.93. The van der Waals surface area contributed by atoms with Crippen molar-refractivity contribution in [1.82, 2.24) is 16.0 Å². The quantitative estimate of drug-likeness (QED) is 0.444. The van der Waals surface area contributed by atoms with E-state index in [0.717, 1.165) is 11.1 Å². The van der Waals surface area contributed by atoms with E-state index in [2.05, 4.69) is 16.0 Å². The zero-order chi connectivity index (χ0) is 24.1. The number of hydrogen-bond donors (Lipinski definition) is 3. The van der Waals surface area contributed by atoms with Gasteiger partial charge in [-0.2, -0.15) is 0 Å². The van der Waals surface area contributed by atoms with Crippen LogP contribution >= 0.6 is 0 Å². The average Bonchev–Trinajstić information content (AvgIpc) is 2.82. The van der Waals surface area contributed by atoms with Crippen molar-refractivity contribution in [3.63, 3.8) is 0 Å². The van der Waals surface area contributed by atoms with Crippen LogP contribution in [0.1, 0.15) is 25.0 Å². The highest BCUT2D eigenvalue weighted by Gasteiger charge is 2.25. The minimum atomic E-state index is -0.959. The van der Waals surface area contributed by atoms with E-state index < -0.39 is 36.0 Å². The molecular formula is C24H29N3O6. The smallest absolute Gasteiger partial charge is 0.408 e. The molecule has 0 aliphatic rings. The fourth-order valence-corrected chi connectivity index (χ4v) is 2.86. The lowest BCUT2D eigenvalue weighted by Crippen LogP contribution is -2.54. The van der Waals surface area contributed by atoms with Gasteiger partial charge in [0.2, 0.25) is 11.8 Å². The van der Waals surface area contributed by atoms with Crippen LogP contribution in [-0.4, -0.2) is 49.1 Å². The third kappa shape index (κ3) is 9.42. The van der Waals surface area contributed by atoms with Gasteiger partial charge in [0.1, 0.15) is 25.2 Å². The lowest BCUT2D eigenvalue weighted by atomic mass is 10.0. The van der Waals surface area contributed by atoms with E-state index in [1.54, 1.807) is 6.92 Å². The average molecular weight is 456 g/mol. The van der Waals surface area contributed by atoms with Crippen LogP contribution < -0.4 is 16.0 Å². The number of carbonyl (C=O) groups excluding carboxylic acids is 4. The molecule has 2 aromatic rings. The molecule has 0 aliphatic carbocycles. The molecule has 9 nitrogen and oxygen atoms in total. The Labute approximate surface area is 192 Å². The van der Waals surface area contributed by atoms with Crippen molar-refractivity contribution in [1.29, 1.82) is 0 Å². The molecule has 2 rings (SSSR count). The summed E-state index contributed by atoms with van der Waals surface area (Å²) in [7, 11) is 0. The molecule has 176 valence electrons. The number of hydrogen-bond acceptors (Lipinski definition) is 6. The van der Waals surface area contributed by atoms with Gasteiger partial charge in [0, 0.05) is 6.42 Å². The molecule has 0 bridgehead atoms. The van der Waals surface area contributed by atoms with Crippen LogP contribution in [0.25, 0.3) is 0 Å². The summed E-state index contributed by atoms with van der Waals surface area (Å²) in [6.07, 6.45) is -0.556. The van der Waals surface area contributed by atoms with Crippen molar-refractivity contribution in [2.75, 3.05) is 13.2 Å². The molecule has 3 N–H and O–H groups in total. The summed E-state index contributed by atoms with van der Waals surface area (Å²) in [5.41, 5.74) is 1.63. The summed E-state index contributed by atoms with van der Waals surface area (Å²) in [4.78, 5) is 48.9. The number of amides is 3. The number of carbonyl (C=O) groups is 4. The van der Waals surface area contributed by atoms with Gasteiger partial charge < -0.3 is 25.4 Å². The van der Waals surface area contributed by atoms with Crippen molar-refractivity contribution in [3.05, 3.63) is 71.8 Å². The molecule has 0 heterocycles. The Morgan fingerprint density at radius 3 is 2.03 bits per heavy atom. The molecule has 0 radical (unpaired) electrons. The van der Waals surface area contributed by atoms with Gasteiger partial charge >= 0.3 is 12.1 Å². The molecule has 0 fully saturated rings. The second-order valence-electron chi connectivity index (χ2n) is 7.20. The van der Waals surface area contributed by atoms with Crippen LogP contribution in [0.2, 0.25) is 0 Å². The predicted molar refractivity (Wildman–Crippen MR) is 121 cm³/mol. The molecule has 0 aliphatic heterocycles. The van der Waals surface area contributed by atoms with Gasteiger partial charge in [-0.05, 0) is 25.0 Å². The van der Waals surface area contributed by atoms with Crippen LogP contribution in [0.5, 0.6) is 0 Å². The summed E-state index contributed by atoms with van der Waals surface area (Å²) in [5, 5.41) is 7.54. The number of esters is 1. The van der Waals surface area contributed by atoms with Crippen molar-refractivity contribution in [2.45, 2.75) is 39.0 Å². The van der Waals surface area contributed by atoms with Crippen LogP contribution in [0.4, 0.5) is 4.79 Å². The summed E-state index contributed by atoms with van der Waals surface area (Å²) in [6, 6.07) is 16.3. The van der Waals surface area contributed by atoms with E-state index in [1.807, 2.05) is 60.7 Å². The molecule has 3 amide bonds. The van der Waals surface area contributed by atoms with Gasteiger partial charge in [0.25, 0.3) is 0 Å². The van der Waals surface area contributed by atoms with Crippen LogP contribution in [0.15, 0.2) is 60.7 Å². The fraction of sp³-hybridized carbons (Fsp3) is 0.333. The monoisotopic (exact) mass is 455 g/mol. The van der Waals surface area contributed by atoms with Crippen molar-refractivity contribution in [2.24, 2.45) is 0 Å². The van der Waals surface area contributed by atoms with Crippen LogP contribution in [0, 0.1) is 0 Å². The second-order valence-corrected chi connectivity index (χ2v) is 7.20. The highest BCUT2D eigenvalue weighted by atomic mass is 16.5. The highest BCUT2D eigenvalue weighted by Crippen LogP contribution is 2.05. The Morgan fingerprint density at radius 1 is 0.818 bits per heavy atom. The highest BCUT2D eigenvalue weighted by molar-refractivity contribution is 5.92. The van der Waals surface area contributed by atoms with Gasteiger partial charge in [-0.3, -0.25) is 14.4 Å². The Morgan fingerprint density at radius 2 is 1.42 bits per heavy atom. The lowest BCUT2D eigenvalue weighted by molar-refractivity contribution is -0.143. The van der Waals surface area contributed by atoms with Crippen molar-refractivity contribution >= 4 is 23.9 Å². The zero-order valence-corrected chi connectivity index (χ0v) is 18.7. The SMILES string of the molecule is CCOC(=O)CNC(=O)[C@H](Cc1ccccc1)NC(=O)[C@H](C)NC(=O)OCc1ccccc1. The van der Waals surface area contributed by atoms with Gasteiger partial charge in [0.15, 0.2) is 0 Å². The molecule has 33 heavy (non-hydrogen) atoms. The van der Waals surface area contributed by atoms with Gasteiger partial charge in [-0.1, -0.05) is 60.7 Å². The predicted octanol–water partition coefficient (Wildman–Crippen LogP) is 1.71. The number of ether oxygens (including phenoxy) is 2. The van der Waals surface area contributed by atoms with Crippen LogP contribution in [0.3, 0.4) is 0 Å². The van der Waals surface area contributed by atoms with E-state index in [0.29, 0.717) is 0 Å². The van der Waals surface area contributed by atoms with Crippen molar-refractivity contribution < 1.29 is 28.7 Å². The maximum absolute atomic E-state index is 12.7. The van der Waals surface area contributed by atoms with Crippen molar-refractivity contribution in [3.8, 4) is 0 Å². The summed E-state index contributed by atoms with van der Waals surface area (Å²) in [5.74, 6) is -1.69. The fourth-order valence-electron chi connectivity index (χ4n) is 2.86. The first-order valence-corrected chi connectivity index (χ1v) is 10.6. The molecule has 9 heteroatoms. The van der Waals surface area contributed by atoms with E-state index in [-0.39, 0.29) is 26.2 Å². The van der Waals surface area contributed by atoms with Gasteiger partial charge in [-0.25, -0.2) is 4.79 Å². The molecule has 0 aromatic heterocycles. The lowest BCUT2D eigenvalue weighted by Gasteiger charge is -2.21. The number of benzene rings is 2. The Bertz CT molecular complexity index is 920. The number of alkyl carbamates (subject to hydrolysis) is 1. The van der Waals surface area contributed by atoms with Crippen LogP contribution in [-0.2, 0) is 36.9 Å². The third-order valence-electron chi connectivity index (χ3n) is 4.57. The molecule has 2 aromatic carbocycles. The van der Waals surface area contributed by atoms with E-state index in [1.165, 1.54) is 6.92 Å².